The van der Waals surface area contributed by atoms with E-state index in [4.69, 9.17) is 11.6 Å². The van der Waals surface area contributed by atoms with Crippen LogP contribution in [0.3, 0.4) is 0 Å². The fourth-order valence-electron chi connectivity index (χ4n) is 4.10. The highest BCUT2D eigenvalue weighted by atomic mass is 35.5. The summed E-state index contributed by atoms with van der Waals surface area (Å²) in [7, 11) is -1.89. The molecule has 4 rings (SSSR count). The fourth-order valence-corrected chi connectivity index (χ4v) is 5.60. The molecule has 1 heterocycles. The number of anilines is 1. The second kappa shape index (κ2) is 7.49. The van der Waals surface area contributed by atoms with E-state index in [1.807, 2.05) is 66.6 Å². The zero-order chi connectivity index (χ0) is 20.8. The van der Waals surface area contributed by atoms with Crippen molar-refractivity contribution < 1.29 is 14.3 Å². The second-order valence-electron chi connectivity index (χ2n) is 7.62. The number of hydrogen-bond acceptors (Lipinski definition) is 3. The zero-order valence-corrected chi connectivity index (χ0v) is 17.8. The highest BCUT2D eigenvalue weighted by Gasteiger charge is 2.44. The number of hydrogen-bond donors (Lipinski definition) is 2. The molecule has 5 nitrogen and oxygen atoms in total. The van der Waals surface area contributed by atoms with E-state index in [1.54, 1.807) is 12.3 Å². The molecule has 0 fully saturated rings. The molecule has 4 atom stereocenters. The van der Waals surface area contributed by atoms with Gasteiger partial charge in [0.25, 0.3) is 0 Å². The lowest BCUT2D eigenvalue weighted by Crippen LogP contribution is -2.34. The summed E-state index contributed by atoms with van der Waals surface area (Å²) in [6, 6.07) is 13.4. The Morgan fingerprint density at radius 3 is 2.69 bits per heavy atom. The summed E-state index contributed by atoms with van der Waals surface area (Å²) in [6.07, 6.45) is 7.40. The zero-order valence-electron chi connectivity index (χ0n) is 16.1. The number of nitrogens with zero attached hydrogens (tertiary/aromatic N) is 1. The molecule has 1 aliphatic carbocycles. The molecule has 7 heteroatoms. The molecule has 1 amide bonds. The van der Waals surface area contributed by atoms with Gasteiger partial charge in [0.15, 0.2) is 0 Å². The number of carbonyl (C=O) groups is 1. The van der Waals surface area contributed by atoms with Crippen molar-refractivity contribution in [2.75, 3.05) is 19.0 Å². The first-order valence-corrected chi connectivity index (χ1v) is 11.9. The first kappa shape index (κ1) is 20.0. The summed E-state index contributed by atoms with van der Waals surface area (Å²) in [5.74, 6) is -0.710. The molecule has 0 saturated carbocycles. The van der Waals surface area contributed by atoms with Gasteiger partial charge in [0.05, 0.1) is 6.04 Å². The first-order chi connectivity index (χ1) is 13.7. The third-order valence-electron chi connectivity index (χ3n) is 5.43. The largest absolute Gasteiger partial charge is 0.373 e. The van der Waals surface area contributed by atoms with Crippen molar-refractivity contribution in [3.05, 3.63) is 77.5 Å². The minimum absolute atomic E-state index is 0.0185. The van der Waals surface area contributed by atoms with Crippen LogP contribution in [0.2, 0.25) is 0 Å². The van der Waals surface area contributed by atoms with Gasteiger partial charge in [-0.2, -0.15) is 0 Å². The van der Waals surface area contributed by atoms with Crippen LogP contribution >= 0.6 is 19.0 Å². The van der Waals surface area contributed by atoms with Gasteiger partial charge >= 0.3 is 0 Å². The van der Waals surface area contributed by atoms with Gasteiger partial charge in [-0.15, -0.1) is 0 Å². The van der Waals surface area contributed by atoms with Gasteiger partial charge in [0, 0.05) is 36.6 Å². The third-order valence-corrected chi connectivity index (χ3v) is 7.17. The molecule has 0 bridgehead atoms. The Morgan fingerprint density at radius 1 is 1.24 bits per heavy atom. The maximum absolute atomic E-state index is 13.2. The molecule has 150 valence electrons. The van der Waals surface area contributed by atoms with Gasteiger partial charge in [-0.1, -0.05) is 54.1 Å². The van der Waals surface area contributed by atoms with E-state index < -0.39 is 18.9 Å². The van der Waals surface area contributed by atoms with Gasteiger partial charge in [-0.25, -0.2) is 0 Å². The van der Waals surface area contributed by atoms with E-state index in [0.717, 1.165) is 10.8 Å². The summed E-state index contributed by atoms with van der Waals surface area (Å²) in [5.41, 5.74) is 0.0398. The van der Waals surface area contributed by atoms with Crippen molar-refractivity contribution in [1.82, 2.24) is 4.90 Å². The minimum Gasteiger partial charge on any atom is -0.373 e. The lowest BCUT2D eigenvalue weighted by atomic mass is 9.89. The van der Waals surface area contributed by atoms with Crippen LogP contribution in [0.4, 0.5) is 5.69 Å². The number of rotatable bonds is 4. The molecule has 29 heavy (non-hydrogen) atoms. The molecule has 0 aromatic heterocycles. The number of likely N-dealkylation sites (N-methyl/N-ethyl adjacent to an activating group) is 1. The average molecular weight is 429 g/mol. The van der Waals surface area contributed by atoms with E-state index in [1.165, 1.54) is 6.66 Å². The van der Waals surface area contributed by atoms with Crippen LogP contribution in [-0.2, 0) is 9.36 Å². The molecular formula is C22H22ClN2O3P. The number of allylic oxidation sites excluding steroid dienone is 2. The lowest BCUT2D eigenvalue weighted by Gasteiger charge is -2.28. The van der Waals surface area contributed by atoms with Crippen LogP contribution in [0.25, 0.3) is 10.8 Å². The number of fused-ring (bicyclic) bond motifs is 2. The topological polar surface area (TPSA) is 69.6 Å². The molecule has 4 unspecified atom stereocenters. The number of amides is 1. The van der Waals surface area contributed by atoms with Crippen molar-refractivity contribution in [3.63, 3.8) is 0 Å². The lowest BCUT2D eigenvalue weighted by molar-refractivity contribution is -0.115. The quantitative estimate of drug-likeness (QED) is 0.701. The Balaban J connectivity index is 1.66. The Hall–Kier alpha value is -2.33. The van der Waals surface area contributed by atoms with Crippen molar-refractivity contribution in [2.45, 2.75) is 11.7 Å². The molecule has 0 radical (unpaired) electrons. The summed E-state index contributed by atoms with van der Waals surface area (Å²) in [4.78, 5) is 25.6. The molecule has 2 aliphatic rings. The van der Waals surface area contributed by atoms with Crippen LogP contribution in [0.5, 0.6) is 0 Å². The Labute approximate surface area is 174 Å². The standard InChI is InChI=1S/C22H22ClN2O3P/c1-25-13-19(18-12-16(23)8-10-20(18)25)21(29(2,27)28)22(26)24-17-9-7-14-5-3-4-6-15(14)11-17/h3-13,18,20-21H,1-2H3,(H,24,26)(H,27,28). The minimum atomic E-state index is -3.78. The maximum Gasteiger partial charge on any atom is 0.241 e. The molecule has 2 N–H and O–H groups in total. The SMILES string of the molecule is CN1C=C(C(C(=O)Nc2ccc3ccccc3c2)P(C)(=O)O)C2C=C(Cl)C=CC21. The number of halogens is 1. The van der Waals surface area contributed by atoms with E-state index in [0.29, 0.717) is 16.3 Å². The molecular weight excluding hydrogens is 407 g/mol. The van der Waals surface area contributed by atoms with Crippen molar-refractivity contribution in [3.8, 4) is 0 Å². The van der Waals surface area contributed by atoms with E-state index in [-0.39, 0.29) is 12.0 Å². The van der Waals surface area contributed by atoms with Gasteiger partial charge in [-0.05, 0) is 34.6 Å². The summed E-state index contributed by atoms with van der Waals surface area (Å²) in [6.45, 7) is 1.23. The van der Waals surface area contributed by atoms with Crippen LogP contribution in [0.15, 0.2) is 77.5 Å². The third kappa shape index (κ3) is 3.91. The first-order valence-electron chi connectivity index (χ1n) is 9.33. The van der Waals surface area contributed by atoms with E-state index in [2.05, 4.69) is 5.32 Å². The molecule has 0 spiro atoms. The monoisotopic (exact) mass is 428 g/mol. The number of benzene rings is 2. The number of nitrogens with one attached hydrogen (secondary N) is 1. The van der Waals surface area contributed by atoms with Gasteiger partial charge in [0.1, 0.15) is 5.66 Å². The van der Waals surface area contributed by atoms with Crippen molar-refractivity contribution in [1.29, 1.82) is 0 Å². The Kier molecular flexibility index (Phi) is 5.16. The van der Waals surface area contributed by atoms with Gasteiger partial charge in [0.2, 0.25) is 13.3 Å². The molecule has 2 aromatic rings. The predicted octanol–water partition coefficient (Wildman–Crippen LogP) is 4.55. The normalized spacial score (nSPS) is 23.8. The van der Waals surface area contributed by atoms with Crippen LogP contribution < -0.4 is 5.32 Å². The van der Waals surface area contributed by atoms with Gasteiger partial charge in [-0.3, -0.25) is 9.36 Å². The van der Waals surface area contributed by atoms with Crippen molar-refractivity contribution >= 4 is 41.3 Å². The Morgan fingerprint density at radius 2 is 1.97 bits per heavy atom. The summed E-state index contributed by atoms with van der Waals surface area (Å²) >= 11 is 6.18. The second-order valence-corrected chi connectivity index (χ2v) is 10.5. The highest BCUT2D eigenvalue weighted by molar-refractivity contribution is 7.59. The highest BCUT2D eigenvalue weighted by Crippen LogP contribution is 2.51. The average Bonchev–Trinajstić information content (AvgIpc) is 2.96. The molecule has 2 aromatic carbocycles. The van der Waals surface area contributed by atoms with E-state index in [9.17, 15) is 14.3 Å². The van der Waals surface area contributed by atoms with Crippen molar-refractivity contribution in [2.24, 2.45) is 5.92 Å². The van der Waals surface area contributed by atoms with Crippen LogP contribution in [-0.4, -0.2) is 41.1 Å². The molecule has 1 aliphatic heterocycles. The van der Waals surface area contributed by atoms with Crippen LogP contribution in [0, 0.1) is 5.92 Å². The number of carbonyl (C=O) groups excluding carboxylic acids is 1. The fraction of sp³-hybridized carbons (Fsp3) is 0.227. The van der Waals surface area contributed by atoms with E-state index >= 15 is 0 Å². The molecule has 0 saturated heterocycles. The maximum atomic E-state index is 13.2. The van der Waals surface area contributed by atoms with Gasteiger partial charge < -0.3 is 15.1 Å². The summed E-state index contributed by atoms with van der Waals surface area (Å²) < 4.78 is 12.8. The Bertz CT molecular complexity index is 1120. The summed E-state index contributed by atoms with van der Waals surface area (Å²) in [5, 5.41) is 5.44. The predicted molar refractivity (Wildman–Crippen MR) is 118 cm³/mol. The smallest absolute Gasteiger partial charge is 0.241 e. The van der Waals surface area contributed by atoms with Crippen LogP contribution in [0.1, 0.15) is 0 Å².